The van der Waals surface area contributed by atoms with Crippen LogP contribution in [0.15, 0.2) is 34.6 Å². The third kappa shape index (κ3) is 4.06. The molecule has 0 saturated carbocycles. The van der Waals surface area contributed by atoms with Crippen LogP contribution in [0.2, 0.25) is 10.0 Å². The van der Waals surface area contributed by atoms with Gasteiger partial charge in [-0.3, -0.25) is 9.36 Å². The summed E-state index contributed by atoms with van der Waals surface area (Å²) in [7, 11) is 0. The number of nitrogens with one attached hydrogen (secondary N) is 2. The lowest BCUT2D eigenvalue weighted by Gasteiger charge is -2.34. The van der Waals surface area contributed by atoms with Crippen molar-refractivity contribution >= 4 is 40.2 Å². The van der Waals surface area contributed by atoms with Gasteiger partial charge in [0, 0.05) is 48.4 Å². The predicted octanol–water partition coefficient (Wildman–Crippen LogP) is 4.32. The number of halogens is 2. The summed E-state index contributed by atoms with van der Waals surface area (Å²) in [4.78, 5) is 23.0. The van der Waals surface area contributed by atoms with Crippen LogP contribution in [0.4, 0.5) is 5.69 Å². The number of benzene rings is 1. The van der Waals surface area contributed by atoms with Gasteiger partial charge in [-0.25, -0.2) is 9.97 Å². The van der Waals surface area contributed by atoms with Crippen LogP contribution in [-0.4, -0.2) is 40.3 Å². The molecule has 0 unspecified atom stereocenters. The molecule has 10 heteroatoms. The fraction of sp³-hybridized carbons (Fsp3) is 0.409. The highest BCUT2D eigenvalue weighted by Crippen LogP contribution is 2.36. The smallest absolute Gasteiger partial charge is 0.277 e. The maximum absolute atomic E-state index is 13.7. The minimum absolute atomic E-state index is 0.168. The molecule has 4 rings (SSSR count). The number of hydrogen-bond donors (Lipinski definition) is 2. The topological polar surface area (TPSA) is 81.1 Å². The normalized spacial score (nSPS) is 20.6. The van der Waals surface area contributed by atoms with Gasteiger partial charge in [0.05, 0.1) is 10.7 Å². The Labute approximate surface area is 200 Å². The lowest BCUT2D eigenvalue weighted by atomic mass is 9.95. The Morgan fingerprint density at radius 2 is 2.19 bits per heavy atom. The number of nitrogens with zero attached hydrogens (tertiary/aromatic N) is 3. The fourth-order valence-electron chi connectivity index (χ4n) is 4.12. The zero-order valence-corrected chi connectivity index (χ0v) is 20.4. The minimum Gasteiger partial charge on any atom is -0.374 e. The summed E-state index contributed by atoms with van der Waals surface area (Å²) in [5, 5.41) is 10.7. The molecule has 170 valence electrons. The number of aromatic nitrogens is 3. The minimum atomic E-state index is -0.666. The largest absolute Gasteiger partial charge is 0.374 e. The van der Waals surface area contributed by atoms with Crippen LogP contribution in [-0.2, 0) is 16.8 Å². The summed E-state index contributed by atoms with van der Waals surface area (Å²) >= 11 is 14.0. The third-order valence-corrected chi connectivity index (χ3v) is 7.15. The van der Waals surface area contributed by atoms with Crippen LogP contribution in [0.25, 0.3) is 11.4 Å². The van der Waals surface area contributed by atoms with E-state index in [0.29, 0.717) is 59.1 Å². The molecule has 2 atom stereocenters. The lowest BCUT2D eigenvalue weighted by molar-refractivity contribution is 0.0396. The van der Waals surface area contributed by atoms with Crippen LogP contribution in [0.3, 0.4) is 0 Å². The first kappa shape index (κ1) is 23.2. The molecule has 3 heterocycles. The molecule has 1 aromatic carbocycles. The van der Waals surface area contributed by atoms with Gasteiger partial charge in [0.1, 0.15) is 28.2 Å². The first-order valence-corrected chi connectivity index (χ1v) is 12.1. The quantitative estimate of drug-likeness (QED) is 0.510. The molecule has 1 aliphatic heterocycles. The van der Waals surface area contributed by atoms with Crippen LogP contribution in [0.1, 0.15) is 24.5 Å². The highest BCUT2D eigenvalue weighted by molar-refractivity contribution is 7.09. The van der Waals surface area contributed by atoms with Gasteiger partial charge in [-0.05, 0) is 39.0 Å². The Bertz CT molecular complexity index is 1170. The summed E-state index contributed by atoms with van der Waals surface area (Å²) in [6.07, 6.45) is 1.59. The van der Waals surface area contributed by atoms with Gasteiger partial charge in [0.2, 0.25) is 0 Å². The maximum Gasteiger partial charge on any atom is 0.277 e. The maximum atomic E-state index is 13.7. The van der Waals surface area contributed by atoms with Gasteiger partial charge in [0.15, 0.2) is 0 Å². The van der Waals surface area contributed by atoms with Crippen LogP contribution in [0, 0.1) is 6.92 Å². The monoisotopic (exact) mass is 493 g/mol. The number of hydrogen-bond acceptors (Lipinski definition) is 7. The summed E-state index contributed by atoms with van der Waals surface area (Å²) in [6, 6.07) is 5.18. The molecule has 1 fully saturated rings. The Balaban J connectivity index is 1.84. The molecule has 2 aromatic heterocycles. The predicted molar refractivity (Wildman–Crippen MR) is 130 cm³/mol. The van der Waals surface area contributed by atoms with Gasteiger partial charge >= 0.3 is 0 Å². The highest BCUT2D eigenvalue weighted by Gasteiger charge is 2.48. The molecular weight excluding hydrogens is 469 g/mol. The summed E-state index contributed by atoms with van der Waals surface area (Å²) in [5.74, 6) is 0.511. The molecule has 2 N–H and O–H groups in total. The van der Waals surface area contributed by atoms with E-state index in [1.54, 1.807) is 40.3 Å². The van der Waals surface area contributed by atoms with Crippen molar-refractivity contribution < 1.29 is 4.74 Å². The molecule has 0 bridgehead atoms. The van der Waals surface area contributed by atoms with Crippen molar-refractivity contribution in [2.75, 3.05) is 25.0 Å². The van der Waals surface area contributed by atoms with Crippen molar-refractivity contribution in [3.8, 4) is 11.4 Å². The average Bonchev–Trinajstić information content (AvgIpc) is 3.42. The summed E-state index contributed by atoms with van der Waals surface area (Å²) in [6.45, 7) is 7.94. The fourth-order valence-corrected chi connectivity index (χ4v) is 5.45. The zero-order valence-electron chi connectivity index (χ0n) is 18.1. The van der Waals surface area contributed by atoms with Gasteiger partial charge in [-0.1, -0.05) is 23.2 Å². The molecule has 32 heavy (non-hydrogen) atoms. The van der Waals surface area contributed by atoms with Crippen LogP contribution in [0.5, 0.6) is 0 Å². The number of thiazole rings is 1. The lowest BCUT2D eigenvalue weighted by Crippen LogP contribution is -2.49. The molecule has 7 nitrogen and oxygen atoms in total. The number of ether oxygens (including phenoxy) is 1. The van der Waals surface area contributed by atoms with E-state index in [1.807, 2.05) is 26.2 Å². The van der Waals surface area contributed by atoms with E-state index in [2.05, 4.69) is 15.6 Å². The summed E-state index contributed by atoms with van der Waals surface area (Å²) < 4.78 is 7.68. The Morgan fingerprint density at radius 3 is 2.84 bits per heavy atom. The van der Waals surface area contributed by atoms with Crippen LogP contribution < -0.4 is 16.2 Å². The van der Waals surface area contributed by atoms with E-state index in [9.17, 15) is 4.79 Å². The zero-order chi connectivity index (χ0) is 22.9. The Kier molecular flexibility index (Phi) is 6.88. The molecular formula is C22H25Cl2N5O2S. The van der Waals surface area contributed by atoms with E-state index >= 15 is 0 Å². The second kappa shape index (κ2) is 9.49. The van der Waals surface area contributed by atoms with Crippen molar-refractivity contribution in [1.29, 1.82) is 0 Å². The van der Waals surface area contributed by atoms with E-state index in [1.165, 1.54) is 0 Å². The Morgan fingerprint density at radius 1 is 1.38 bits per heavy atom. The molecule has 0 spiro atoms. The van der Waals surface area contributed by atoms with Crippen molar-refractivity contribution in [2.45, 2.75) is 39.0 Å². The molecule has 1 aliphatic rings. The number of anilines is 1. The molecule has 1 saturated heterocycles. The molecule has 0 radical (unpaired) electrons. The van der Waals surface area contributed by atoms with Gasteiger partial charge < -0.3 is 15.4 Å². The van der Waals surface area contributed by atoms with Gasteiger partial charge in [-0.2, -0.15) is 0 Å². The molecule has 3 aromatic rings. The van der Waals surface area contributed by atoms with Crippen molar-refractivity contribution in [3.63, 3.8) is 0 Å². The summed E-state index contributed by atoms with van der Waals surface area (Å²) in [5.41, 5.74) is 0.844. The second-order valence-corrected chi connectivity index (χ2v) is 9.32. The first-order valence-electron chi connectivity index (χ1n) is 10.5. The van der Waals surface area contributed by atoms with Crippen molar-refractivity contribution in [3.05, 3.63) is 60.9 Å². The molecule has 0 amide bonds. The Hall–Kier alpha value is -1.97. The highest BCUT2D eigenvalue weighted by atomic mass is 35.5. The van der Waals surface area contributed by atoms with Gasteiger partial charge in [0.25, 0.3) is 5.56 Å². The third-order valence-electron chi connectivity index (χ3n) is 5.65. The van der Waals surface area contributed by atoms with Crippen molar-refractivity contribution in [2.24, 2.45) is 0 Å². The number of aryl methyl sites for hydroxylation is 1. The SMILES string of the molecule is CCO[C@H]1CNC[C@]1(Nc1c(C)nc(-c2ccc(Cl)cc2Cl)n(CC)c1=O)c1nccs1. The van der Waals surface area contributed by atoms with Crippen LogP contribution >= 0.6 is 34.5 Å². The van der Waals surface area contributed by atoms with E-state index in [4.69, 9.17) is 32.9 Å². The average molecular weight is 494 g/mol. The van der Waals surface area contributed by atoms with E-state index in [0.717, 1.165) is 5.01 Å². The van der Waals surface area contributed by atoms with E-state index < -0.39 is 5.54 Å². The standard InChI is InChI=1S/C22H25Cl2N5O2S/c1-4-29-19(15-7-6-14(23)10-16(15)24)27-13(3)18(20(29)30)28-22(21-26-8-9-32-21)12-25-11-17(22)31-5-2/h6-10,17,25,28H,4-5,11-12H2,1-3H3/t17-,22+/m0/s1. The number of rotatable bonds is 7. The van der Waals surface area contributed by atoms with E-state index in [-0.39, 0.29) is 11.7 Å². The first-order chi connectivity index (χ1) is 15.4. The second-order valence-electron chi connectivity index (χ2n) is 7.58. The van der Waals surface area contributed by atoms with Crippen molar-refractivity contribution in [1.82, 2.24) is 19.9 Å². The molecule has 0 aliphatic carbocycles. The van der Waals surface area contributed by atoms with Gasteiger partial charge in [-0.15, -0.1) is 11.3 Å².